The summed E-state index contributed by atoms with van der Waals surface area (Å²) in [6, 6.07) is 7.91. The van der Waals surface area contributed by atoms with Gasteiger partial charge in [-0.1, -0.05) is 18.2 Å². The summed E-state index contributed by atoms with van der Waals surface area (Å²) in [7, 11) is 0. The van der Waals surface area contributed by atoms with E-state index in [9.17, 15) is 0 Å². The molecule has 0 spiro atoms. The van der Waals surface area contributed by atoms with Crippen molar-refractivity contribution in [1.29, 1.82) is 0 Å². The van der Waals surface area contributed by atoms with Crippen LogP contribution in [0.2, 0.25) is 0 Å². The van der Waals surface area contributed by atoms with Crippen LogP contribution in [0.25, 0.3) is 10.9 Å². The number of rotatable bonds is 2. The topological polar surface area (TPSA) is 58.5 Å². The third-order valence-electron chi connectivity index (χ3n) is 3.10. The van der Waals surface area contributed by atoms with Crippen molar-refractivity contribution < 1.29 is 9.84 Å². The van der Waals surface area contributed by atoms with Crippen LogP contribution in [-0.4, -0.2) is 47.5 Å². The molecule has 2 heterocycles. The van der Waals surface area contributed by atoms with Crippen molar-refractivity contribution in [1.82, 2.24) is 9.97 Å². The first kappa shape index (κ1) is 11.4. The van der Waals surface area contributed by atoms with Gasteiger partial charge in [0.25, 0.3) is 0 Å². The Kier molecular flexibility index (Phi) is 3.08. The molecule has 3 rings (SSSR count). The smallest absolute Gasteiger partial charge is 0.226 e. The number of aromatic nitrogens is 2. The highest BCUT2D eigenvalue weighted by molar-refractivity contribution is 5.78. The fourth-order valence-corrected chi connectivity index (χ4v) is 2.13. The van der Waals surface area contributed by atoms with Gasteiger partial charge >= 0.3 is 0 Å². The zero-order valence-corrected chi connectivity index (χ0v) is 9.99. The highest BCUT2D eigenvalue weighted by Crippen LogP contribution is 2.17. The average Bonchev–Trinajstić information content (AvgIpc) is 2.47. The number of benzene rings is 1. The Labute approximate surface area is 105 Å². The van der Waals surface area contributed by atoms with Gasteiger partial charge in [0.05, 0.1) is 24.8 Å². The summed E-state index contributed by atoms with van der Waals surface area (Å²) in [6.45, 7) is 2.02. The third-order valence-corrected chi connectivity index (χ3v) is 3.10. The van der Waals surface area contributed by atoms with E-state index >= 15 is 0 Å². The summed E-state index contributed by atoms with van der Waals surface area (Å²) >= 11 is 0. The van der Waals surface area contributed by atoms with Crippen LogP contribution in [0.3, 0.4) is 0 Å². The van der Waals surface area contributed by atoms with Crippen molar-refractivity contribution in [2.45, 2.75) is 6.10 Å². The van der Waals surface area contributed by atoms with E-state index in [4.69, 9.17) is 9.84 Å². The van der Waals surface area contributed by atoms with Crippen molar-refractivity contribution in [3.05, 3.63) is 30.5 Å². The molecule has 1 fully saturated rings. The van der Waals surface area contributed by atoms with Crippen LogP contribution in [0, 0.1) is 0 Å². The number of anilines is 1. The molecule has 1 N–H and O–H groups in total. The molecule has 5 nitrogen and oxygen atoms in total. The first-order valence-corrected chi connectivity index (χ1v) is 6.06. The van der Waals surface area contributed by atoms with Gasteiger partial charge in [0.2, 0.25) is 5.95 Å². The maximum absolute atomic E-state index is 9.13. The number of hydrogen-bond acceptors (Lipinski definition) is 5. The molecule has 1 aromatic carbocycles. The summed E-state index contributed by atoms with van der Waals surface area (Å²) in [5, 5.41) is 10.2. The monoisotopic (exact) mass is 245 g/mol. The summed E-state index contributed by atoms with van der Waals surface area (Å²) < 4.78 is 5.42. The first-order chi connectivity index (χ1) is 8.86. The molecule has 5 heteroatoms. The molecule has 1 aliphatic rings. The van der Waals surface area contributed by atoms with Gasteiger partial charge in [-0.2, -0.15) is 0 Å². The van der Waals surface area contributed by atoms with Crippen molar-refractivity contribution in [2.24, 2.45) is 0 Å². The Balaban J connectivity index is 1.89. The van der Waals surface area contributed by atoms with Gasteiger partial charge in [-0.25, -0.2) is 9.97 Å². The lowest BCUT2D eigenvalue weighted by molar-refractivity contribution is 0.00315. The molecule has 1 saturated heterocycles. The highest BCUT2D eigenvalue weighted by atomic mass is 16.5. The maximum atomic E-state index is 9.13. The lowest BCUT2D eigenvalue weighted by Crippen LogP contribution is -2.44. The molecule has 2 aromatic rings. The summed E-state index contributed by atoms with van der Waals surface area (Å²) in [5.41, 5.74) is 0.939. The fourth-order valence-electron chi connectivity index (χ4n) is 2.13. The lowest BCUT2D eigenvalue weighted by Gasteiger charge is -2.32. The minimum Gasteiger partial charge on any atom is -0.394 e. The molecule has 94 valence electrons. The number of morpholine rings is 1. The van der Waals surface area contributed by atoms with Crippen LogP contribution in [0.15, 0.2) is 30.5 Å². The van der Waals surface area contributed by atoms with Gasteiger partial charge in [-0.3, -0.25) is 0 Å². The van der Waals surface area contributed by atoms with E-state index in [0.717, 1.165) is 17.4 Å². The minimum atomic E-state index is -0.145. The molecular formula is C13H15N3O2. The fraction of sp³-hybridized carbons (Fsp3) is 0.385. The number of nitrogens with zero attached hydrogens (tertiary/aromatic N) is 3. The van der Waals surface area contributed by atoms with E-state index < -0.39 is 0 Å². The van der Waals surface area contributed by atoms with Gasteiger partial charge in [-0.05, 0) is 6.07 Å². The van der Waals surface area contributed by atoms with Gasteiger partial charge in [-0.15, -0.1) is 0 Å². The van der Waals surface area contributed by atoms with Crippen LogP contribution < -0.4 is 4.90 Å². The molecular weight excluding hydrogens is 230 g/mol. The predicted octanol–water partition coefficient (Wildman–Crippen LogP) is 0.827. The zero-order valence-electron chi connectivity index (χ0n) is 9.99. The largest absolute Gasteiger partial charge is 0.394 e. The molecule has 1 unspecified atom stereocenters. The van der Waals surface area contributed by atoms with Crippen LogP contribution in [0.1, 0.15) is 0 Å². The molecule has 0 aliphatic carbocycles. The SMILES string of the molecule is OCC1CN(c2ncc3ccccc3n2)CCO1. The Hall–Kier alpha value is -1.72. The quantitative estimate of drug-likeness (QED) is 0.849. The van der Waals surface area contributed by atoms with E-state index in [1.807, 2.05) is 30.5 Å². The molecule has 0 saturated carbocycles. The minimum absolute atomic E-state index is 0.0318. The summed E-state index contributed by atoms with van der Waals surface area (Å²) in [6.07, 6.45) is 1.69. The molecule has 1 aromatic heterocycles. The van der Waals surface area contributed by atoms with E-state index in [1.54, 1.807) is 0 Å². The maximum Gasteiger partial charge on any atom is 0.226 e. The molecule has 0 amide bonds. The summed E-state index contributed by atoms with van der Waals surface area (Å²) in [5.74, 6) is 0.704. The van der Waals surface area contributed by atoms with Gasteiger partial charge in [0.15, 0.2) is 0 Å². The second kappa shape index (κ2) is 4.88. The van der Waals surface area contributed by atoms with Crippen molar-refractivity contribution in [2.75, 3.05) is 31.2 Å². The Bertz CT molecular complexity index is 547. The highest BCUT2D eigenvalue weighted by Gasteiger charge is 2.21. The second-order valence-corrected chi connectivity index (χ2v) is 4.35. The third kappa shape index (κ3) is 2.14. The molecule has 0 bridgehead atoms. The van der Waals surface area contributed by atoms with E-state index in [0.29, 0.717) is 19.1 Å². The van der Waals surface area contributed by atoms with E-state index in [2.05, 4.69) is 14.9 Å². The second-order valence-electron chi connectivity index (χ2n) is 4.35. The van der Waals surface area contributed by atoms with Gasteiger partial charge < -0.3 is 14.7 Å². The number of fused-ring (bicyclic) bond motifs is 1. The van der Waals surface area contributed by atoms with Crippen molar-refractivity contribution in [3.63, 3.8) is 0 Å². The molecule has 0 radical (unpaired) electrons. The number of hydrogen-bond donors (Lipinski definition) is 1. The van der Waals surface area contributed by atoms with Crippen LogP contribution in [-0.2, 0) is 4.74 Å². The number of ether oxygens (including phenoxy) is 1. The Morgan fingerprint density at radius 3 is 3.17 bits per heavy atom. The molecule has 1 aliphatic heterocycles. The van der Waals surface area contributed by atoms with Crippen LogP contribution in [0.4, 0.5) is 5.95 Å². The van der Waals surface area contributed by atoms with Crippen molar-refractivity contribution in [3.8, 4) is 0 Å². The summed E-state index contributed by atoms with van der Waals surface area (Å²) in [4.78, 5) is 11.0. The van der Waals surface area contributed by atoms with Crippen LogP contribution >= 0.6 is 0 Å². The Morgan fingerprint density at radius 1 is 1.39 bits per heavy atom. The van der Waals surface area contributed by atoms with Gasteiger partial charge in [0, 0.05) is 24.7 Å². The van der Waals surface area contributed by atoms with Crippen LogP contribution in [0.5, 0.6) is 0 Å². The number of para-hydroxylation sites is 1. The standard InChI is InChI=1S/C13H15N3O2/c17-9-11-8-16(5-6-18-11)13-14-7-10-3-1-2-4-12(10)15-13/h1-4,7,11,17H,5-6,8-9H2. The van der Waals surface area contributed by atoms with Crippen molar-refractivity contribution >= 4 is 16.9 Å². The Morgan fingerprint density at radius 2 is 2.28 bits per heavy atom. The van der Waals surface area contributed by atoms with E-state index in [1.165, 1.54) is 0 Å². The molecule has 18 heavy (non-hydrogen) atoms. The van der Waals surface area contributed by atoms with Gasteiger partial charge in [0.1, 0.15) is 0 Å². The zero-order chi connectivity index (χ0) is 12.4. The molecule has 1 atom stereocenters. The lowest BCUT2D eigenvalue weighted by atomic mass is 10.2. The normalized spacial score (nSPS) is 20.3. The predicted molar refractivity (Wildman–Crippen MR) is 68.6 cm³/mol. The van der Waals surface area contributed by atoms with E-state index in [-0.39, 0.29) is 12.7 Å². The first-order valence-electron chi connectivity index (χ1n) is 6.06. The number of aliphatic hydroxyl groups is 1. The number of aliphatic hydroxyl groups excluding tert-OH is 1. The average molecular weight is 245 g/mol.